The summed E-state index contributed by atoms with van der Waals surface area (Å²) in [5.74, 6) is 0.0772. The summed E-state index contributed by atoms with van der Waals surface area (Å²) < 4.78 is 22.3. The van der Waals surface area contributed by atoms with Crippen LogP contribution in [0.1, 0.15) is 34.6 Å². The molecule has 0 aliphatic heterocycles. The van der Waals surface area contributed by atoms with E-state index in [4.69, 9.17) is 42.1 Å². The highest BCUT2D eigenvalue weighted by atomic mass is 35.5. The van der Waals surface area contributed by atoms with E-state index in [9.17, 15) is 9.59 Å². The van der Waals surface area contributed by atoms with Crippen molar-refractivity contribution in [3.63, 3.8) is 0 Å². The van der Waals surface area contributed by atoms with Crippen molar-refractivity contribution in [2.45, 2.75) is 40.7 Å². The summed E-state index contributed by atoms with van der Waals surface area (Å²) in [4.78, 5) is 25.3. The number of hydrogen-bond donors (Lipinski definition) is 1. The lowest BCUT2D eigenvalue weighted by Gasteiger charge is -2.17. The highest BCUT2D eigenvalue weighted by Gasteiger charge is 2.26. The van der Waals surface area contributed by atoms with Crippen molar-refractivity contribution < 1.29 is 28.5 Å². The Bertz CT molecular complexity index is 1080. The Hall–Kier alpha value is -3.04. The number of ketones is 1. The van der Waals surface area contributed by atoms with Gasteiger partial charge in [-0.2, -0.15) is 10.2 Å². The van der Waals surface area contributed by atoms with Crippen molar-refractivity contribution in [3.8, 4) is 23.0 Å². The normalized spacial score (nSPS) is 11.7. The quantitative estimate of drug-likeness (QED) is 0.244. The highest BCUT2D eigenvalue weighted by Crippen LogP contribution is 2.42. The van der Waals surface area contributed by atoms with Crippen molar-refractivity contribution in [2.75, 3.05) is 31.7 Å². The van der Waals surface area contributed by atoms with Crippen molar-refractivity contribution in [1.82, 2.24) is 0 Å². The zero-order valence-corrected chi connectivity index (χ0v) is 21.8. The topological polar surface area (TPSA) is 108 Å². The second-order valence-corrected chi connectivity index (χ2v) is 7.77. The van der Waals surface area contributed by atoms with Gasteiger partial charge >= 0.3 is 0 Å². The van der Waals surface area contributed by atoms with Crippen LogP contribution >= 0.6 is 23.2 Å². The third-order valence-electron chi connectivity index (χ3n) is 4.41. The Kier molecular flexibility index (Phi) is 11.1. The molecule has 1 atom stereocenters. The second kappa shape index (κ2) is 13.7. The molecule has 0 aliphatic carbocycles. The van der Waals surface area contributed by atoms with E-state index in [1.54, 1.807) is 32.0 Å². The zero-order valence-electron chi connectivity index (χ0n) is 20.3. The first-order valence-electron chi connectivity index (χ1n) is 11.2. The molecule has 35 heavy (non-hydrogen) atoms. The van der Waals surface area contributed by atoms with E-state index in [1.165, 1.54) is 13.0 Å². The van der Waals surface area contributed by atoms with E-state index >= 15 is 0 Å². The number of hydrogen-bond acceptors (Lipinski definition) is 8. The predicted molar refractivity (Wildman–Crippen MR) is 135 cm³/mol. The van der Waals surface area contributed by atoms with Crippen LogP contribution < -0.4 is 24.3 Å². The van der Waals surface area contributed by atoms with E-state index in [-0.39, 0.29) is 22.1 Å². The van der Waals surface area contributed by atoms with Crippen molar-refractivity contribution in [2.24, 2.45) is 10.2 Å². The molecule has 11 heteroatoms. The summed E-state index contributed by atoms with van der Waals surface area (Å²) in [7, 11) is 0. The average Bonchev–Trinajstić information content (AvgIpc) is 2.80. The first kappa shape index (κ1) is 28.2. The maximum atomic E-state index is 13.0. The number of azo groups is 1. The van der Waals surface area contributed by atoms with Gasteiger partial charge in [0.05, 0.1) is 32.1 Å². The number of ether oxygens (including phenoxy) is 4. The molecule has 0 saturated carbocycles. The SMILES string of the molecule is CCOc1ccc(N=NC(C(C)=O)C(=O)Nc2cc(Cl)cc(OCC)c2OCC)c(OCC)c1Cl. The number of benzene rings is 2. The summed E-state index contributed by atoms with van der Waals surface area (Å²) in [6.07, 6.45) is 0. The molecule has 1 amide bonds. The highest BCUT2D eigenvalue weighted by molar-refractivity contribution is 6.34. The molecule has 0 bridgehead atoms. The Morgan fingerprint density at radius 2 is 1.49 bits per heavy atom. The van der Waals surface area contributed by atoms with Gasteiger partial charge in [-0.15, -0.1) is 0 Å². The molecule has 2 aromatic rings. The fourth-order valence-electron chi connectivity index (χ4n) is 3.01. The summed E-state index contributed by atoms with van der Waals surface area (Å²) in [6, 6.07) is 4.83. The maximum absolute atomic E-state index is 13.0. The Balaban J connectivity index is 2.39. The Labute approximate surface area is 214 Å². The van der Waals surface area contributed by atoms with Crippen molar-refractivity contribution >= 4 is 46.3 Å². The molecule has 2 aromatic carbocycles. The van der Waals surface area contributed by atoms with Crippen molar-refractivity contribution in [1.29, 1.82) is 0 Å². The molecule has 0 aliphatic rings. The lowest BCUT2D eigenvalue weighted by Crippen LogP contribution is -2.32. The summed E-state index contributed by atoms with van der Waals surface area (Å²) in [6.45, 7) is 9.87. The third kappa shape index (κ3) is 7.47. The third-order valence-corrected chi connectivity index (χ3v) is 4.99. The van der Waals surface area contributed by atoms with Gasteiger partial charge in [-0.05, 0) is 52.8 Å². The minimum Gasteiger partial charge on any atom is -0.492 e. The molecule has 0 heterocycles. The minimum absolute atomic E-state index is 0.220. The lowest BCUT2D eigenvalue weighted by molar-refractivity contribution is -0.126. The van der Waals surface area contributed by atoms with Gasteiger partial charge in [-0.25, -0.2) is 0 Å². The van der Waals surface area contributed by atoms with Crippen LogP contribution in [0.5, 0.6) is 23.0 Å². The van der Waals surface area contributed by atoms with Crippen LogP contribution in [0.2, 0.25) is 10.0 Å². The van der Waals surface area contributed by atoms with Crippen LogP contribution in [0.25, 0.3) is 0 Å². The van der Waals surface area contributed by atoms with Gasteiger partial charge < -0.3 is 24.3 Å². The van der Waals surface area contributed by atoms with Gasteiger partial charge in [0, 0.05) is 11.1 Å². The van der Waals surface area contributed by atoms with Crippen LogP contribution in [0, 0.1) is 0 Å². The largest absolute Gasteiger partial charge is 0.492 e. The first-order valence-corrected chi connectivity index (χ1v) is 11.9. The lowest BCUT2D eigenvalue weighted by atomic mass is 10.2. The standard InChI is InChI=1S/C24H29Cl2N3O6/c1-6-32-18-11-10-16(23(20(18)26)35-9-4)28-29-21(14(5)30)24(31)27-17-12-15(25)13-19(33-7-2)22(17)34-8-3/h10-13,21H,6-9H2,1-5H3,(H,27,31). The number of carbonyl (C=O) groups is 2. The molecule has 0 saturated heterocycles. The van der Waals surface area contributed by atoms with E-state index in [0.717, 1.165) is 0 Å². The summed E-state index contributed by atoms with van der Waals surface area (Å²) in [5, 5.41) is 11.3. The molecule has 0 fully saturated rings. The maximum Gasteiger partial charge on any atom is 0.258 e. The van der Waals surface area contributed by atoms with E-state index in [2.05, 4.69) is 15.5 Å². The smallest absolute Gasteiger partial charge is 0.258 e. The predicted octanol–water partition coefficient (Wildman–Crippen LogP) is 6.27. The summed E-state index contributed by atoms with van der Waals surface area (Å²) in [5.41, 5.74) is 0.490. The zero-order chi connectivity index (χ0) is 26.0. The molecule has 0 radical (unpaired) electrons. The number of halogens is 2. The molecule has 9 nitrogen and oxygen atoms in total. The van der Waals surface area contributed by atoms with Crippen molar-refractivity contribution in [3.05, 3.63) is 34.3 Å². The molecular formula is C24H29Cl2N3O6. The summed E-state index contributed by atoms with van der Waals surface area (Å²) >= 11 is 12.6. The first-order chi connectivity index (χ1) is 16.8. The molecule has 1 unspecified atom stereocenters. The fourth-order valence-corrected chi connectivity index (χ4v) is 3.49. The van der Waals surface area contributed by atoms with Gasteiger partial charge in [-0.1, -0.05) is 23.2 Å². The van der Waals surface area contributed by atoms with Gasteiger partial charge in [0.25, 0.3) is 5.91 Å². The van der Waals surface area contributed by atoms with E-state index < -0.39 is 17.7 Å². The number of carbonyl (C=O) groups excluding carboxylic acids is 2. The number of amides is 1. The van der Waals surface area contributed by atoms with E-state index in [0.29, 0.717) is 48.7 Å². The molecular weight excluding hydrogens is 497 g/mol. The number of anilines is 1. The molecule has 2 rings (SSSR count). The number of nitrogens with zero attached hydrogens (tertiary/aromatic N) is 2. The van der Waals surface area contributed by atoms with Gasteiger partial charge in [0.15, 0.2) is 23.0 Å². The monoisotopic (exact) mass is 525 g/mol. The van der Waals surface area contributed by atoms with Crippen LogP contribution in [0.4, 0.5) is 11.4 Å². The Morgan fingerprint density at radius 1 is 0.886 bits per heavy atom. The van der Waals surface area contributed by atoms with Crippen LogP contribution in [0.15, 0.2) is 34.5 Å². The van der Waals surface area contributed by atoms with Gasteiger partial charge in [-0.3, -0.25) is 9.59 Å². The van der Waals surface area contributed by atoms with Crippen LogP contribution in [-0.4, -0.2) is 44.2 Å². The second-order valence-electron chi connectivity index (χ2n) is 6.96. The molecule has 190 valence electrons. The minimum atomic E-state index is -1.45. The van der Waals surface area contributed by atoms with E-state index in [1.807, 2.05) is 13.8 Å². The van der Waals surface area contributed by atoms with Gasteiger partial charge in [0.2, 0.25) is 6.04 Å². The van der Waals surface area contributed by atoms with Gasteiger partial charge in [0.1, 0.15) is 16.5 Å². The van der Waals surface area contributed by atoms with Crippen LogP contribution in [-0.2, 0) is 9.59 Å². The Morgan fingerprint density at radius 3 is 2.09 bits per heavy atom. The molecule has 0 spiro atoms. The number of Topliss-reactive ketones (excluding diaryl/α,β-unsaturated/α-hetero) is 1. The average molecular weight is 526 g/mol. The van der Waals surface area contributed by atoms with Crippen LogP contribution in [0.3, 0.4) is 0 Å². The molecule has 0 aromatic heterocycles. The number of rotatable bonds is 13. The molecule has 1 N–H and O–H groups in total. The number of nitrogens with one attached hydrogen (secondary N) is 1. The fraction of sp³-hybridized carbons (Fsp3) is 0.417.